The molecule has 0 aliphatic heterocycles. The molecule has 0 radical (unpaired) electrons. The number of rotatable bonds is 9. The first-order valence-corrected chi connectivity index (χ1v) is 13.3. The van der Waals surface area contributed by atoms with Gasteiger partial charge in [0.2, 0.25) is 5.91 Å². The van der Waals surface area contributed by atoms with Crippen LogP contribution in [-0.4, -0.2) is 32.3 Å². The quantitative estimate of drug-likeness (QED) is 0.252. The van der Waals surface area contributed by atoms with Gasteiger partial charge in [-0.05, 0) is 85.2 Å². The van der Waals surface area contributed by atoms with E-state index >= 15 is 0 Å². The Kier molecular flexibility index (Phi) is 9.12. The van der Waals surface area contributed by atoms with Crippen LogP contribution in [0.1, 0.15) is 67.0 Å². The maximum Gasteiger partial charge on any atom is 0.251 e. The van der Waals surface area contributed by atoms with Crippen molar-refractivity contribution in [1.82, 2.24) is 20.1 Å². The van der Waals surface area contributed by atoms with E-state index in [0.29, 0.717) is 29.0 Å². The number of halogens is 1. The molecule has 0 bridgehead atoms. The number of anilines is 1. The van der Waals surface area contributed by atoms with E-state index in [4.69, 9.17) is 0 Å². The van der Waals surface area contributed by atoms with Crippen LogP contribution in [0.15, 0.2) is 47.6 Å². The lowest BCUT2D eigenvalue weighted by Crippen LogP contribution is -2.28. The fraction of sp³-hybridized carbons (Fsp3) is 0.360. The van der Waals surface area contributed by atoms with Crippen molar-refractivity contribution in [3.63, 3.8) is 0 Å². The van der Waals surface area contributed by atoms with Crippen LogP contribution in [0.25, 0.3) is 0 Å². The van der Waals surface area contributed by atoms with E-state index in [-0.39, 0.29) is 23.6 Å². The maximum atomic E-state index is 12.7. The second-order valence-electron chi connectivity index (χ2n) is 8.37. The number of amides is 2. The summed E-state index contributed by atoms with van der Waals surface area (Å²) in [6.45, 7) is 10.7. The largest absolute Gasteiger partial charge is 0.342 e. The smallest absolute Gasteiger partial charge is 0.251 e. The van der Waals surface area contributed by atoms with Crippen molar-refractivity contribution in [1.29, 1.82) is 0 Å². The first-order valence-electron chi connectivity index (χ1n) is 11.2. The Morgan fingerprint density at radius 3 is 2.56 bits per heavy atom. The zero-order valence-electron chi connectivity index (χ0n) is 20.1. The highest BCUT2D eigenvalue weighted by Crippen LogP contribution is 2.27. The zero-order chi connectivity index (χ0) is 24.8. The average Bonchev–Trinajstić information content (AvgIpc) is 3.21. The summed E-state index contributed by atoms with van der Waals surface area (Å²) in [6.07, 6.45) is 0. The van der Waals surface area contributed by atoms with Gasteiger partial charge in [0.15, 0.2) is 11.0 Å². The van der Waals surface area contributed by atoms with Gasteiger partial charge < -0.3 is 15.2 Å². The summed E-state index contributed by atoms with van der Waals surface area (Å²) in [4.78, 5) is 25.3. The molecule has 0 saturated heterocycles. The molecule has 3 aromatic rings. The Labute approximate surface area is 218 Å². The predicted octanol–water partition coefficient (Wildman–Crippen LogP) is 5.56. The van der Waals surface area contributed by atoms with Crippen molar-refractivity contribution in [3.8, 4) is 0 Å². The third-order valence-corrected chi connectivity index (χ3v) is 6.96. The van der Waals surface area contributed by atoms with Crippen LogP contribution >= 0.6 is 34.4 Å². The molecule has 1 heterocycles. The van der Waals surface area contributed by atoms with E-state index in [0.717, 1.165) is 20.4 Å². The Balaban J connectivity index is 1.65. The van der Waals surface area contributed by atoms with E-state index in [9.17, 15) is 9.59 Å². The summed E-state index contributed by atoms with van der Waals surface area (Å²) >= 11 is 3.61. The van der Waals surface area contributed by atoms with Crippen LogP contribution in [0.5, 0.6) is 0 Å². The first kappa shape index (κ1) is 26.2. The summed E-state index contributed by atoms with van der Waals surface area (Å²) in [7, 11) is 0. The molecule has 0 aliphatic rings. The van der Waals surface area contributed by atoms with E-state index in [1.54, 1.807) is 6.07 Å². The van der Waals surface area contributed by atoms with Crippen molar-refractivity contribution in [2.75, 3.05) is 11.1 Å². The number of carbonyl (C=O) groups excluding carboxylic acids is 2. The summed E-state index contributed by atoms with van der Waals surface area (Å²) < 4.78 is 3.07. The molecule has 3 rings (SSSR count). The highest BCUT2D eigenvalue weighted by molar-refractivity contribution is 14.1. The fourth-order valence-electron chi connectivity index (χ4n) is 3.60. The zero-order valence-corrected chi connectivity index (χ0v) is 23.0. The molecular formula is C25H30IN5O2S. The van der Waals surface area contributed by atoms with Gasteiger partial charge in [0.1, 0.15) is 0 Å². The molecule has 0 spiro atoms. The standard InChI is InChI=1S/C25H30IN5O2S/c1-6-31-23(17(5)27-24(33)18-9-7-8-16(4)12-18)29-30-25(31)34-14-22(32)28-21-11-10-19(26)13-20(21)15(2)3/h7-13,15,17H,6,14H2,1-5H3,(H,27,33)(H,28,32)/t17-/m1/s1. The monoisotopic (exact) mass is 591 g/mol. The third kappa shape index (κ3) is 6.59. The van der Waals surface area contributed by atoms with Crippen LogP contribution in [0.4, 0.5) is 5.69 Å². The third-order valence-electron chi connectivity index (χ3n) is 5.32. The Hall–Kier alpha value is -2.40. The lowest BCUT2D eigenvalue weighted by molar-refractivity contribution is -0.113. The van der Waals surface area contributed by atoms with Gasteiger partial charge in [-0.2, -0.15) is 0 Å². The summed E-state index contributed by atoms with van der Waals surface area (Å²) in [5.74, 6) is 0.923. The Bertz CT molecular complexity index is 1180. The number of thioether (sulfide) groups is 1. The number of hydrogen-bond donors (Lipinski definition) is 2. The minimum absolute atomic E-state index is 0.0962. The maximum absolute atomic E-state index is 12.7. The number of aryl methyl sites for hydroxylation is 1. The lowest BCUT2D eigenvalue weighted by atomic mass is 10.0. The van der Waals surface area contributed by atoms with Crippen LogP contribution in [0.2, 0.25) is 0 Å². The van der Waals surface area contributed by atoms with Crippen LogP contribution < -0.4 is 10.6 Å². The molecule has 7 nitrogen and oxygen atoms in total. The topological polar surface area (TPSA) is 88.9 Å². The molecular weight excluding hydrogens is 561 g/mol. The van der Waals surface area contributed by atoms with Crippen LogP contribution in [0.3, 0.4) is 0 Å². The van der Waals surface area contributed by atoms with Crippen molar-refractivity contribution < 1.29 is 9.59 Å². The molecule has 9 heteroatoms. The summed E-state index contributed by atoms with van der Waals surface area (Å²) in [5, 5.41) is 15.3. The second kappa shape index (κ2) is 11.8. The van der Waals surface area contributed by atoms with Crippen molar-refractivity contribution in [2.45, 2.75) is 58.3 Å². The lowest BCUT2D eigenvalue weighted by Gasteiger charge is -2.16. The molecule has 2 N–H and O–H groups in total. The molecule has 34 heavy (non-hydrogen) atoms. The summed E-state index contributed by atoms with van der Waals surface area (Å²) in [6, 6.07) is 13.2. The number of aromatic nitrogens is 3. The minimum atomic E-state index is -0.330. The highest BCUT2D eigenvalue weighted by atomic mass is 127. The van der Waals surface area contributed by atoms with Gasteiger partial charge in [-0.3, -0.25) is 9.59 Å². The highest BCUT2D eigenvalue weighted by Gasteiger charge is 2.20. The van der Waals surface area contributed by atoms with Gasteiger partial charge in [0.05, 0.1) is 11.8 Å². The van der Waals surface area contributed by atoms with Gasteiger partial charge in [-0.1, -0.05) is 43.3 Å². The van der Waals surface area contributed by atoms with Crippen LogP contribution in [0, 0.1) is 10.5 Å². The Morgan fingerprint density at radius 1 is 1.12 bits per heavy atom. The number of hydrogen-bond acceptors (Lipinski definition) is 5. The first-order chi connectivity index (χ1) is 16.2. The molecule has 2 amide bonds. The van der Waals surface area contributed by atoms with Crippen molar-refractivity contribution >= 4 is 51.9 Å². The normalized spacial score (nSPS) is 12.0. The molecule has 2 aromatic carbocycles. The van der Waals surface area contributed by atoms with Crippen molar-refractivity contribution in [2.24, 2.45) is 0 Å². The number of benzene rings is 2. The molecule has 180 valence electrons. The molecule has 1 atom stereocenters. The fourth-order valence-corrected chi connectivity index (χ4v) is 4.92. The van der Waals surface area contributed by atoms with Gasteiger partial charge in [0, 0.05) is 21.4 Å². The van der Waals surface area contributed by atoms with Crippen LogP contribution in [-0.2, 0) is 11.3 Å². The SMILES string of the molecule is CCn1c(SCC(=O)Nc2ccc(I)cc2C(C)C)nnc1[C@@H](C)NC(=O)c1cccc(C)c1. The second-order valence-corrected chi connectivity index (χ2v) is 10.6. The molecule has 0 aliphatic carbocycles. The van der Waals surface area contributed by atoms with Gasteiger partial charge in [-0.15, -0.1) is 10.2 Å². The Morgan fingerprint density at radius 2 is 1.88 bits per heavy atom. The summed E-state index contributed by atoms with van der Waals surface area (Å²) in [5.41, 5.74) is 3.59. The van der Waals surface area contributed by atoms with E-state index in [2.05, 4.69) is 63.3 Å². The molecule has 0 fully saturated rings. The van der Waals surface area contributed by atoms with Crippen molar-refractivity contribution in [3.05, 3.63) is 68.5 Å². The molecule has 0 saturated carbocycles. The van der Waals surface area contributed by atoms with Gasteiger partial charge in [-0.25, -0.2) is 0 Å². The number of carbonyl (C=O) groups is 2. The molecule has 1 aromatic heterocycles. The number of nitrogens with one attached hydrogen (secondary N) is 2. The van der Waals surface area contributed by atoms with E-state index < -0.39 is 0 Å². The molecule has 0 unspecified atom stereocenters. The van der Waals surface area contributed by atoms with Gasteiger partial charge >= 0.3 is 0 Å². The van der Waals surface area contributed by atoms with Gasteiger partial charge in [0.25, 0.3) is 5.91 Å². The van der Waals surface area contributed by atoms with E-state index in [1.807, 2.05) is 55.7 Å². The minimum Gasteiger partial charge on any atom is -0.342 e. The predicted molar refractivity (Wildman–Crippen MR) is 145 cm³/mol. The average molecular weight is 592 g/mol. The number of nitrogens with zero attached hydrogens (tertiary/aromatic N) is 3. The van der Waals surface area contributed by atoms with E-state index in [1.165, 1.54) is 11.8 Å².